The third kappa shape index (κ3) is 5.28. The maximum atomic E-state index is 10.7. The van der Waals surface area contributed by atoms with Gasteiger partial charge in [-0.3, -0.25) is 0 Å². The van der Waals surface area contributed by atoms with E-state index in [2.05, 4.69) is 15.9 Å². The van der Waals surface area contributed by atoms with E-state index in [0.717, 1.165) is 4.47 Å². The number of hydrogen-bond acceptors (Lipinski definition) is 4. The Hall–Kier alpha value is 0.266. The Labute approximate surface area is 162 Å². The summed E-state index contributed by atoms with van der Waals surface area (Å²) in [5.41, 5.74) is 0. The minimum absolute atomic E-state index is 0. The quantitative estimate of drug-likeness (QED) is 0.572. The minimum atomic E-state index is -4.41. The van der Waals surface area contributed by atoms with E-state index in [9.17, 15) is 13.0 Å². The summed E-state index contributed by atoms with van der Waals surface area (Å²) in [4.78, 5) is -0.273. The van der Waals surface area contributed by atoms with Gasteiger partial charge in [0.25, 0.3) is 0 Å². The van der Waals surface area contributed by atoms with Gasteiger partial charge in [-0.2, -0.15) is 0 Å². The van der Waals surface area contributed by atoms with Gasteiger partial charge in [0.15, 0.2) is 0 Å². The standard InChI is InChI=1S/C12H9BrO4S.K/c13-9-1-3-10(4-2-9)17-11-5-7-12(8-6-11)18(14,15)16;/h1-8H,(H,14,15,16);/q;+1/p-1. The average molecular weight is 367 g/mol. The molecule has 0 unspecified atom stereocenters. The van der Waals surface area contributed by atoms with E-state index >= 15 is 0 Å². The Morgan fingerprint density at radius 2 is 1.32 bits per heavy atom. The molecule has 0 N–H and O–H groups in total. The summed E-state index contributed by atoms with van der Waals surface area (Å²) in [6, 6.07) is 12.5. The molecule has 0 amide bonds. The second-order valence-corrected chi connectivity index (χ2v) is 5.78. The van der Waals surface area contributed by atoms with Crippen molar-refractivity contribution in [2.24, 2.45) is 0 Å². The van der Waals surface area contributed by atoms with E-state index in [1.165, 1.54) is 24.3 Å². The van der Waals surface area contributed by atoms with Crippen molar-refractivity contribution >= 4 is 26.0 Å². The molecule has 0 aliphatic heterocycles. The molecule has 0 spiro atoms. The Kier molecular flexibility index (Phi) is 6.68. The molecule has 0 aliphatic carbocycles. The average Bonchev–Trinajstić information content (AvgIpc) is 2.32. The Bertz CT molecular complexity index is 638. The van der Waals surface area contributed by atoms with Crippen LogP contribution in [-0.2, 0) is 10.1 Å². The molecule has 0 aromatic heterocycles. The van der Waals surface area contributed by atoms with Crippen LogP contribution in [0.2, 0.25) is 0 Å². The van der Waals surface area contributed by atoms with Gasteiger partial charge < -0.3 is 9.29 Å². The van der Waals surface area contributed by atoms with E-state index in [1.54, 1.807) is 12.1 Å². The number of halogens is 1. The zero-order valence-corrected chi connectivity index (χ0v) is 15.6. The zero-order chi connectivity index (χ0) is 13.2. The van der Waals surface area contributed by atoms with Crippen LogP contribution in [0, 0.1) is 0 Å². The van der Waals surface area contributed by atoms with Gasteiger partial charge >= 0.3 is 51.4 Å². The normalized spacial score (nSPS) is 10.6. The van der Waals surface area contributed by atoms with Crippen LogP contribution in [0.3, 0.4) is 0 Å². The molecule has 0 atom stereocenters. The third-order valence-corrected chi connectivity index (χ3v) is 3.54. The monoisotopic (exact) mass is 366 g/mol. The SMILES string of the molecule is O=S(=O)([O-])c1ccc(Oc2ccc(Br)cc2)cc1.[K+]. The van der Waals surface area contributed by atoms with Crippen LogP contribution in [0.25, 0.3) is 0 Å². The summed E-state index contributed by atoms with van der Waals surface area (Å²) < 4.78 is 38.6. The van der Waals surface area contributed by atoms with Crippen LogP contribution in [0.4, 0.5) is 0 Å². The summed E-state index contributed by atoms with van der Waals surface area (Å²) in [6.07, 6.45) is 0. The van der Waals surface area contributed by atoms with E-state index in [-0.39, 0.29) is 56.3 Å². The first-order valence-electron chi connectivity index (χ1n) is 4.94. The molecule has 7 heteroatoms. The molecule has 2 aromatic carbocycles. The van der Waals surface area contributed by atoms with Crippen LogP contribution >= 0.6 is 15.9 Å². The van der Waals surface area contributed by atoms with Crippen molar-refractivity contribution in [2.45, 2.75) is 4.90 Å². The van der Waals surface area contributed by atoms with Crippen LogP contribution < -0.4 is 56.1 Å². The predicted molar refractivity (Wildman–Crippen MR) is 68.6 cm³/mol. The first kappa shape index (κ1) is 17.3. The number of ether oxygens (including phenoxy) is 1. The Morgan fingerprint density at radius 3 is 1.74 bits per heavy atom. The van der Waals surface area contributed by atoms with Gasteiger partial charge in [-0.15, -0.1) is 0 Å². The van der Waals surface area contributed by atoms with Crippen molar-refractivity contribution in [1.29, 1.82) is 0 Å². The maximum Gasteiger partial charge on any atom is 1.00 e. The minimum Gasteiger partial charge on any atom is -0.744 e. The summed E-state index contributed by atoms with van der Waals surface area (Å²) in [5.74, 6) is 1.08. The molecule has 0 heterocycles. The summed E-state index contributed by atoms with van der Waals surface area (Å²) in [5, 5.41) is 0. The topological polar surface area (TPSA) is 66.4 Å². The molecule has 0 bridgehead atoms. The fourth-order valence-electron chi connectivity index (χ4n) is 1.31. The van der Waals surface area contributed by atoms with Crippen molar-refractivity contribution in [3.63, 3.8) is 0 Å². The molecular formula is C12H8BrKO4S. The smallest absolute Gasteiger partial charge is 0.744 e. The van der Waals surface area contributed by atoms with Crippen molar-refractivity contribution in [3.05, 3.63) is 53.0 Å². The van der Waals surface area contributed by atoms with E-state index in [4.69, 9.17) is 4.74 Å². The second-order valence-electron chi connectivity index (χ2n) is 3.48. The van der Waals surface area contributed by atoms with E-state index < -0.39 is 10.1 Å². The summed E-state index contributed by atoms with van der Waals surface area (Å²) >= 11 is 3.31. The van der Waals surface area contributed by atoms with Crippen molar-refractivity contribution < 1.29 is 69.1 Å². The van der Waals surface area contributed by atoms with Crippen molar-refractivity contribution in [2.75, 3.05) is 0 Å². The van der Waals surface area contributed by atoms with Crippen LogP contribution in [0.15, 0.2) is 57.9 Å². The van der Waals surface area contributed by atoms with Crippen LogP contribution in [0.1, 0.15) is 0 Å². The van der Waals surface area contributed by atoms with E-state index in [1.807, 2.05) is 12.1 Å². The number of rotatable bonds is 3. The predicted octanol–water partition coefficient (Wildman–Crippen LogP) is 0.150. The number of benzene rings is 2. The van der Waals surface area contributed by atoms with Crippen LogP contribution in [0.5, 0.6) is 11.5 Å². The summed E-state index contributed by atoms with van der Waals surface area (Å²) in [7, 11) is -4.41. The molecule has 0 saturated carbocycles. The third-order valence-electron chi connectivity index (χ3n) is 2.16. The van der Waals surface area contributed by atoms with E-state index in [0.29, 0.717) is 11.5 Å². The molecular weight excluding hydrogens is 359 g/mol. The molecule has 0 saturated heterocycles. The largest absolute Gasteiger partial charge is 1.00 e. The fourth-order valence-corrected chi connectivity index (χ4v) is 2.05. The molecule has 2 rings (SSSR count). The number of hydrogen-bond donors (Lipinski definition) is 0. The van der Waals surface area contributed by atoms with Gasteiger partial charge in [0.1, 0.15) is 21.6 Å². The molecule has 0 aliphatic rings. The Balaban J connectivity index is 0.00000180. The van der Waals surface area contributed by atoms with Crippen molar-refractivity contribution in [1.82, 2.24) is 0 Å². The first-order chi connectivity index (χ1) is 8.45. The zero-order valence-electron chi connectivity index (χ0n) is 10.0. The maximum absolute atomic E-state index is 10.7. The van der Waals surface area contributed by atoms with Gasteiger partial charge in [0, 0.05) is 4.47 Å². The van der Waals surface area contributed by atoms with Gasteiger partial charge in [-0.25, -0.2) is 8.42 Å². The first-order valence-corrected chi connectivity index (χ1v) is 7.15. The van der Waals surface area contributed by atoms with Gasteiger partial charge in [0.05, 0.1) is 4.90 Å². The Morgan fingerprint density at radius 1 is 0.895 bits per heavy atom. The fraction of sp³-hybridized carbons (Fsp3) is 0. The summed E-state index contributed by atoms with van der Waals surface area (Å²) in [6.45, 7) is 0. The van der Waals surface area contributed by atoms with Gasteiger partial charge in [0.2, 0.25) is 0 Å². The molecule has 19 heavy (non-hydrogen) atoms. The second kappa shape index (κ2) is 7.32. The molecule has 4 nitrogen and oxygen atoms in total. The van der Waals surface area contributed by atoms with Gasteiger partial charge in [-0.05, 0) is 48.5 Å². The molecule has 0 fully saturated rings. The molecule has 94 valence electrons. The molecule has 2 aromatic rings. The van der Waals surface area contributed by atoms with Crippen LogP contribution in [-0.4, -0.2) is 13.0 Å². The van der Waals surface area contributed by atoms with Gasteiger partial charge in [-0.1, -0.05) is 15.9 Å². The molecule has 0 radical (unpaired) electrons. The van der Waals surface area contributed by atoms with Crippen molar-refractivity contribution in [3.8, 4) is 11.5 Å².